The summed E-state index contributed by atoms with van der Waals surface area (Å²) in [5.74, 6) is 0. The molecule has 16 heavy (non-hydrogen) atoms. The highest BCUT2D eigenvalue weighted by atomic mass is 35.5. The topological polar surface area (TPSA) is 3.24 Å². The summed E-state index contributed by atoms with van der Waals surface area (Å²) in [5, 5.41) is 0.834. The van der Waals surface area contributed by atoms with Crippen molar-refractivity contribution in [3.05, 3.63) is 34.9 Å². The zero-order valence-corrected chi connectivity index (χ0v) is 10.7. The predicted molar refractivity (Wildman–Crippen MR) is 69.9 cm³/mol. The summed E-state index contributed by atoms with van der Waals surface area (Å²) < 4.78 is 0. The Balaban J connectivity index is 2.14. The van der Waals surface area contributed by atoms with Gasteiger partial charge in [-0.25, -0.2) is 0 Å². The molecule has 0 saturated carbocycles. The number of hydrogen-bond donors (Lipinski definition) is 0. The van der Waals surface area contributed by atoms with Crippen LogP contribution in [0.5, 0.6) is 0 Å². The molecule has 0 spiro atoms. The van der Waals surface area contributed by atoms with Crippen LogP contribution in [0.3, 0.4) is 0 Å². The van der Waals surface area contributed by atoms with Crippen LogP contribution in [0.15, 0.2) is 24.3 Å². The van der Waals surface area contributed by atoms with Gasteiger partial charge < -0.3 is 0 Å². The number of likely N-dealkylation sites (tertiary alicyclic amines) is 1. The van der Waals surface area contributed by atoms with Crippen LogP contribution in [0.1, 0.15) is 44.2 Å². The predicted octanol–water partition coefficient (Wildman–Crippen LogP) is 4.28. The Bertz CT molecular complexity index is 314. The van der Waals surface area contributed by atoms with Crippen LogP contribution < -0.4 is 0 Å². The van der Waals surface area contributed by atoms with Crippen molar-refractivity contribution in [3.63, 3.8) is 0 Å². The van der Waals surface area contributed by atoms with E-state index in [2.05, 4.69) is 24.0 Å². The van der Waals surface area contributed by atoms with E-state index >= 15 is 0 Å². The molecule has 1 unspecified atom stereocenters. The van der Waals surface area contributed by atoms with Crippen LogP contribution in [0.4, 0.5) is 0 Å². The van der Waals surface area contributed by atoms with E-state index < -0.39 is 0 Å². The molecule has 1 saturated heterocycles. The van der Waals surface area contributed by atoms with Crippen LogP contribution in [-0.4, -0.2) is 18.0 Å². The summed E-state index contributed by atoms with van der Waals surface area (Å²) in [6, 6.07) is 8.98. The highest BCUT2D eigenvalue weighted by Gasteiger charge is 2.22. The Labute approximate surface area is 103 Å². The minimum Gasteiger partial charge on any atom is -0.296 e. The van der Waals surface area contributed by atoms with Gasteiger partial charge in [-0.2, -0.15) is 0 Å². The van der Waals surface area contributed by atoms with Crippen molar-refractivity contribution in [3.8, 4) is 0 Å². The van der Waals surface area contributed by atoms with Crippen molar-refractivity contribution >= 4 is 11.6 Å². The normalized spacial score (nSPS) is 18.9. The fraction of sp³-hybridized carbons (Fsp3) is 0.571. The van der Waals surface area contributed by atoms with Crippen LogP contribution in [0.2, 0.25) is 5.02 Å². The number of rotatable bonds is 4. The molecule has 2 rings (SSSR count). The molecule has 0 aliphatic carbocycles. The zero-order chi connectivity index (χ0) is 11.4. The van der Waals surface area contributed by atoms with Gasteiger partial charge in [0.15, 0.2) is 0 Å². The molecular formula is C14H20ClN. The Morgan fingerprint density at radius 2 is 1.81 bits per heavy atom. The lowest BCUT2D eigenvalue weighted by molar-refractivity contribution is 0.232. The van der Waals surface area contributed by atoms with Crippen LogP contribution in [0, 0.1) is 0 Å². The maximum Gasteiger partial charge on any atom is 0.0406 e. The lowest BCUT2D eigenvalue weighted by Crippen LogP contribution is -2.25. The number of hydrogen-bond acceptors (Lipinski definition) is 1. The van der Waals surface area contributed by atoms with Gasteiger partial charge in [-0.05, 0) is 50.0 Å². The molecule has 88 valence electrons. The first-order valence-corrected chi connectivity index (χ1v) is 6.68. The molecule has 2 heteroatoms. The van der Waals surface area contributed by atoms with Gasteiger partial charge in [0.05, 0.1) is 0 Å². The van der Waals surface area contributed by atoms with E-state index in [9.17, 15) is 0 Å². The fourth-order valence-corrected chi connectivity index (χ4v) is 2.70. The molecule has 1 aliphatic rings. The average molecular weight is 238 g/mol. The Morgan fingerprint density at radius 1 is 1.19 bits per heavy atom. The second-order valence-corrected chi connectivity index (χ2v) is 5.04. The first-order chi connectivity index (χ1) is 7.81. The lowest BCUT2D eigenvalue weighted by Gasteiger charge is -2.27. The van der Waals surface area contributed by atoms with Gasteiger partial charge in [0.2, 0.25) is 0 Å². The smallest absolute Gasteiger partial charge is 0.0406 e. The number of nitrogens with zero attached hydrogens (tertiary/aromatic N) is 1. The maximum absolute atomic E-state index is 5.94. The van der Waals surface area contributed by atoms with E-state index in [0.717, 1.165) is 5.02 Å². The molecule has 1 fully saturated rings. The Kier molecular flexibility index (Phi) is 4.25. The van der Waals surface area contributed by atoms with Gasteiger partial charge in [0.25, 0.3) is 0 Å². The molecule has 1 aliphatic heterocycles. The van der Waals surface area contributed by atoms with Crippen LogP contribution >= 0.6 is 11.6 Å². The van der Waals surface area contributed by atoms with Gasteiger partial charge in [-0.3, -0.25) is 4.90 Å². The molecule has 0 N–H and O–H groups in total. The van der Waals surface area contributed by atoms with Crippen molar-refractivity contribution in [2.24, 2.45) is 0 Å². The minimum atomic E-state index is 0.602. The van der Waals surface area contributed by atoms with E-state index in [-0.39, 0.29) is 0 Å². The van der Waals surface area contributed by atoms with E-state index in [0.29, 0.717) is 6.04 Å². The third-order valence-electron chi connectivity index (χ3n) is 3.40. The number of halogens is 1. The van der Waals surface area contributed by atoms with Gasteiger partial charge in [-0.15, -0.1) is 0 Å². The standard InChI is InChI=1S/C14H20ClN/c1-2-5-14(16-10-3-4-11-16)12-6-8-13(15)9-7-12/h6-9,14H,2-5,10-11H2,1H3. The summed E-state index contributed by atoms with van der Waals surface area (Å²) in [6.07, 6.45) is 5.20. The van der Waals surface area contributed by atoms with Crippen LogP contribution in [-0.2, 0) is 0 Å². The second kappa shape index (κ2) is 5.70. The van der Waals surface area contributed by atoms with E-state index in [4.69, 9.17) is 11.6 Å². The molecule has 1 nitrogen and oxygen atoms in total. The molecule has 0 amide bonds. The summed E-state index contributed by atoms with van der Waals surface area (Å²) in [7, 11) is 0. The third-order valence-corrected chi connectivity index (χ3v) is 3.65. The monoisotopic (exact) mass is 237 g/mol. The summed E-state index contributed by atoms with van der Waals surface area (Å²) in [5.41, 5.74) is 1.42. The summed E-state index contributed by atoms with van der Waals surface area (Å²) in [4.78, 5) is 2.62. The van der Waals surface area contributed by atoms with Crippen molar-refractivity contribution in [2.75, 3.05) is 13.1 Å². The van der Waals surface area contributed by atoms with Crippen molar-refractivity contribution in [1.29, 1.82) is 0 Å². The molecule has 1 atom stereocenters. The minimum absolute atomic E-state index is 0.602. The lowest BCUT2D eigenvalue weighted by atomic mass is 10.0. The molecule has 1 heterocycles. The van der Waals surface area contributed by atoms with Crippen molar-refractivity contribution in [1.82, 2.24) is 4.90 Å². The highest BCUT2D eigenvalue weighted by molar-refractivity contribution is 6.30. The quantitative estimate of drug-likeness (QED) is 0.756. The SMILES string of the molecule is CCCC(c1ccc(Cl)cc1)N1CCCC1. The van der Waals surface area contributed by atoms with Crippen molar-refractivity contribution < 1.29 is 0 Å². The molecule has 1 aromatic carbocycles. The molecule has 0 radical (unpaired) electrons. The summed E-state index contributed by atoms with van der Waals surface area (Å²) >= 11 is 5.94. The third kappa shape index (κ3) is 2.78. The van der Waals surface area contributed by atoms with Gasteiger partial charge in [0.1, 0.15) is 0 Å². The van der Waals surface area contributed by atoms with E-state index in [1.54, 1.807) is 0 Å². The Hall–Kier alpha value is -0.530. The first-order valence-electron chi connectivity index (χ1n) is 6.31. The summed E-state index contributed by atoms with van der Waals surface area (Å²) in [6.45, 7) is 4.78. The van der Waals surface area contributed by atoms with Crippen LogP contribution in [0.25, 0.3) is 0 Å². The largest absolute Gasteiger partial charge is 0.296 e. The Morgan fingerprint density at radius 3 is 2.38 bits per heavy atom. The average Bonchev–Trinajstić information content (AvgIpc) is 2.81. The highest BCUT2D eigenvalue weighted by Crippen LogP contribution is 2.29. The molecular weight excluding hydrogens is 218 g/mol. The molecule has 1 aromatic rings. The van der Waals surface area contributed by atoms with E-state index in [1.165, 1.54) is 44.3 Å². The number of benzene rings is 1. The van der Waals surface area contributed by atoms with E-state index in [1.807, 2.05) is 12.1 Å². The molecule has 0 bridgehead atoms. The first kappa shape index (κ1) is 11.9. The second-order valence-electron chi connectivity index (χ2n) is 4.60. The van der Waals surface area contributed by atoms with Gasteiger partial charge in [0, 0.05) is 11.1 Å². The maximum atomic E-state index is 5.94. The van der Waals surface area contributed by atoms with Crippen molar-refractivity contribution in [2.45, 2.75) is 38.6 Å². The zero-order valence-electron chi connectivity index (χ0n) is 9.95. The molecule has 0 aromatic heterocycles. The fourth-order valence-electron chi connectivity index (χ4n) is 2.57. The van der Waals surface area contributed by atoms with Gasteiger partial charge >= 0.3 is 0 Å². The van der Waals surface area contributed by atoms with Gasteiger partial charge in [-0.1, -0.05) is 37.1 Å².